The van der Waals surface area contributed by atoms with E-state index in [2.05, 4.69) is 11.1 Å². The predicted molar refractivity (Wildman–Crippen MR) is 29.4 cm³/mol. The molecule has 0 atom stereocenters. The monoisotopic (exact) mass is 105 g/mol. The van der Waals surface area contributed by atoms with Gasteiger partial charge in [-0.25, -0.2) is 0 Å². The first-order valence-corrected chi connectivity index (χ1v) is 2.77. The van der Waals surface area contributed by atoms with E-state index in [4.69, 9.17) is 0 Å². The molecule has 0 saturated heterocycles. The molecule has 0 aliphatic heterocycles. The summed E-state index contributed by atoms with van der Waals surface area (Å²) in [4.78, 5) is 0. The molecule has 0 aromatic carbocycles. The zero-order chi connectivity index (χ0) is 4.83. The molecule has 0 amide bonds. The molecular weight excluding hydrogens is 96.1 g/mol. The maximum absolute atomic E-state index is 4.66. The Morgan fingerprint density at radius 1 is 1.83 bits per heavy atom. The van der Waals surface area contributed by atoms with Crippen LogP contribution in [0.4, 0.5) is 0 Å². The van der Waals surface area contributed by atoms with Gasteiger partial charge < -0.3 is 4.18 Å². The molecule has 0 bridgehead atoms. The molecule has 0 aliphatic carbocycles. The minimum atomic E-state index is 0.943. The third-order valence-corrected chi connectivity index (χ3v) is 1.04. The Morgan fingerprint density at radius 2 is 2.50 bits per heavy atom. The lowest BCUT2D eigenvalue weighted by molar-refractivity contribution is 0.490. The van der Waals surface area contributed by atoms with Crippen molar-refractivity contribution in [3.05, 3.63) is 6.92 Å². The Hall–Kier alpha value is 0.310. The van der Waals surface area contributed by atoms with Gasteiger partial charge in [0.15, 0.2) is 0 Å². The number of hydrogen-bond acceptors (Lipinski definition) is 2. The molecule has 0 aromatic heterocycles. The summed E-state index contributed by atoms with van der Waals surface area (Å²) in [5.74, 6) is 0.997. The van der Waals surface area contributed by atoms with E-state index in [9.17, 15) is 0 Å². The molecule has 0 rings (SSSR count). The van der Waals surface area contributed by atoms with Gasteiger partial charge in [-0.3, -0.25) is 0 Å². The van der Waals surface area contributed by atoms with Gasteiger partial charge >= 0.3 is 0 Å². The van der Waals surface area contributed by atoms with Gasteiger partial charge in [0.05, 0.1) is 7.11 Å². The Kier molecular flexibility index (Phi) is 5.58. The van der Waals surface area contributed by atoms with E-state index in [0.29, 0.717) is 0 Å². The lowest BCUT2D eigenvalue weighted by Crippen LogP contribution is -1.71. The summed E-state index contributed by atoms with van der Waals surface area (Å²) in [6.07, 6.45) is 0.943. The maximum atomic E-state index is 4.66. The van der Waals surface area contributed by atoms with E-state index in [1.165, 1.54) is 12.0 Å². The van der Waals surface area contributed by atoms with Gasteiger partial charge in [0.1, 0.15) is 0 Å². The average Bonchev–Trinajstić information content (AvgIpc) is 1.61. The van der Waals surface area contributed by atoms with E-state index in [-0.39, 0.29) is 0 Å². The molecule has 2 heteroatoms. The second-order valence-electron chi connectivity index (χ2n) is 0.842. The first kappa shape index (κ1) is 6.31. The third kappa shape index (κ3) is 4.31. The van der Waals surface area contributed by atoms with Crippen LogP contribution in [0.5, 0.6) is 0 Å². The Bertz CT molecular complexity index is 19.5. The van der Waals surface area contributed by atoms with Crippen molar-refractivity contribution in [1.29, 1.82) is 0 Å². The molecule has 1 radical (unpaired) electrons. The highest BCUT2D eigenvalue weighted by Crippen LogP contribution is 1.98. The molecule has 37 valence electrons. The SMILES string of the molecule is [CH2]CCSOC. The van der Waals surface area contributed by atoms with Crippen LogP contribution >= 0.6 is 12.0 Å². The maximum Gasteiger partial charge on any atom is 0.0503 e. The molecule has 0 fully saturated rings. The van der Waals surface area contributed by atoms with Crippen LogP contribution in [0.2, 0.25) is 0 Å². The molecule has 0 N–H and O–H groups in total. The van der Waals surface area contributed by atoms with E-state index in [1.807, 2.05) is 0 Å². The van der Waals surface area contributed by atoms with Crippen molar-refractivity contribution in [3.63, 3.8) is 0 Å². The fourth-order valence-electron chi connectivity index (χ4n) is 0.142. The van der Waals surface area contributed by atoms with Gasteiger partial charge in [0, 0.05) is 5.75 Å². The molecule has 0 aromatic rings. The molecule has 0 saturated carbocycles. The topological polar surface area (TPSA) is 9.23 Å². The summed E-state index contributed by atoms with van der Waals surface area (Å²) in [7, 11) is 1.67. The van der Waals surface area contributed by atoms with Crippen molar-refractivity contribution < 1.29 is 4.18 Å². The molecule has 0 spiro atoms. The van der Waals surface area contributed by atoms with Gasteiger partial charge in [0.2, 0.25) is 0 Å². The van der Waals surface area contributed by atoms with Crippen LogP contribution < -0.4 is 0 Å². The summed E-state index contributed by atoms with van der Waals surface area (Å²) in [6, 6.07) is 0. The van der Waals surface area contributed by atoms with Gasteiger partial charge in [-0.15, -0.1) is 0 Å². The standard InChI is InChI=1S/C4H9OS/c1-3-4-6-5-2/h1,3-4H2,2H3. The quantitative estimate of drug-likeness (QED) is 0.397. The minimum Gasteiger partial charge on any atom is -0.319 e. The highest BCUT2D eigenvalue weighted by atomic mass is 32.2. The summed E-state index contributed by atoms with van der Waals surface area (Å²) < 4.78 is 4.66. The summed E-state index contributed by atoms with van der Waals surface area (Å²) in [5, 5.41) is 0. The van der Waals surface area contributed by atoms with Crippen molar-refractivity contribution in [1.82, 2.24) is 0 Å². The van der Waals surface area contributed by atoms with Gasteiger partial charge in [-0.1, -0.05) is 6.92 Å². The summed E-state index contributed by atoms with van der Waals surface area (Å²) in [5.41, 5.74) is 0. The Morgan fingerprint density at radius 3 is 2.67 bits per heavy atom. The van der Waals surface area contributed by atoms with Crippen LogP contribution in [0.15, 0.2) is 0 Å². The zero-order valence-corrected chi connectivity index (χ0v) is 4.75. The van der Waals surface area contributed by atoms with Gasteiger partial charge in [-0.2, -0.15) is 0 Å². The number of hydrogen-bond donors (Lipinski definition) is 0. The molecule has 0 heterocycles. The Balaban J connectivity index is 2.34. The fraction of sp³-hybridized carbons (Fsp3) is 0.750. The normalized spacial score (nSPS) is 9.00. The Labute approximate surface area is 43.3 Å². The minimum absolute atomic E-state index is 0.943. The van der Waals surface area contributed by atoms with Crippen LogP contribution in [0, 0.1) is 6.92 Å². The van der Waals surface area contributed by atoms with Crippen molar-refractivity contribution in [2.24, 2.45) is 0 Å². The molecule has 6 heavy (non-hydrogen) atoms. The second-order valence-corrected chi connectivity index (χ2v) is 1.82. The fourth-order valence-corrected chi connectivity index (χ4v) is 0.427. The molecule has 1 nitrogen and oxygen atoms in total. The van der Waals surface area contributed by atoms with Crippen molar-refractivity contribution >= 4 is 12.0 Å². The van der Waals surface area contributed by atoms with E-state index >= 15 is 0 Å². The number of rotatable bonds is 3. The first-order valence-electron chi connectivity index (χ1n) is 1.86. The first-order chi connectivity index (χ1) is 2.91. The van der Waals surface area contributed by atoms with E-state index in [1.54, 1.807) is 7.11 Å². The highest BCUT2D eigenvalue weighted by molar-refractivity contribution is 7.94. The van der Waals surface area contributed by atoms with Gasteiger partial charge in [-0.05, 0) is 18.5 Å². The summed E-state index contributed by atoms with van der Waals surface area (Å²) in [6.45, 7) is 3.62. The van der Waals surface area contributed by atoms with Crippen LogP contribution in [0.1, 0.15) is 6.42 Å². The van der Waals surface area contributed by atoms with E-state index < -0.39 is 0 Å². The van der Waals surface area contributed by atoms with Crippen molar-refractivity contribution in [2.75, 3.05) is 12.9 Å². The molecule has 0 aliphatic rings. The molecule has 0 unspecified atom stereocenters. The largest absolute Gasteiger partial charge is 0.319 e. The van der Waals surface area contributed by atoms with Crippen LogP contribution in [0.3, 0.4) is 0 Å². The van der Waals surface area contributed by atoms with Crippen molar-refractivity contribution in [3.8, 4) is 0 Å². The van der Waals surface area contributed by atoms with Crippen LogP contribution in [-0.4, -0.2) is 12.9 Å². The van der Waals surface area contributed by atoms with Gasteiger partial charge in [0.25, 0.3) is 0 Å². The lowest BCUT2D eigenvalue weighted by Gasteiger charge is -1.87. The van der Waals surface area contributed by atoms with Crippen molar-refractivity contribution in [2.45, 2.75) is 6.42 Å². The lowest BCUT2D eigenvalue weighted by atomic mass is 10.6. The average molecular weight is 105 g/mol. The third-order valence-electron chi connectivity index (χ3n) is 0.346. The highest BCUT2D eigenvalue weighted by Gasteiger charge is 1.75. The van der Waals surface area contributed by atoms with Crippen LogP contribution in [0.25, 0.3) is 0 Å². The smallest absolute Gasteiger partial charge is 0.0503 e. The molecular formula is C4H9OS. The van der Waals surface area contributed by atoms with Crippen LogP contribution in [-0.2, 0) is 4.18 Å². The predicted octanol–water partition coefficient (Wildman–Crippen LogP) is 1.51. The zero-order valence-electron chi connectivity index (χ0n) is 3.94. The van der Waals surface area contributed by atoms with E-state index in [0.717, 1.165) is 12.2 Å². The second kappa shape index (κ2) is 5.31. The summed E-state index contributed by atoms with van der Waals surface area (Å²) >= 11 is 1.45.